The molecule has 3 N–H and O–H groups in total. The number of aryl methyl sites for hydroxylation is 1. The van der Waals surface area contributed by atoms with E-state index >= 15 is 0 Å². The molecule has 0 saturated heterocycles. The highest BCUT2D eigenvalue weighted by molar-refractivity contribution is 7.90. The number of nitrogens with two attached hydrogens (primary N) is 1. The Kier molecular flexibility index (Phi) is 3.14. The van der Waals surface area contributed by atoms with Gasteiger partial charge in [0.1, 0.15) is 10.6 Å². The summed E-state index contributed by atoms with van der Waals surface area (Å²) in [4.78, 5) is 0.0126. The highest BCUT2D eigenvalue weighted by Crippen LogP contribution is 2.35. The average Bonchev–Trinajstić information content (AvgIpc) is 2.27. The molecule has 5 heteroatoms. The minimum Gasteiger partial charge on any atom is -0.506 e. The first-order chi connectivity index (χ1) is 7.95. The van der Waals surface area contributed by atoms with Crippen molar-refractivity contribution in [2.24, 2.45) is 5.73 Å². The summed E-state index contributed by atoms with van der Waals surface area (Å²) >= 11 is 0. The molecule has 0 amide bonds. The quantitative estimate of drug-likeness (QED) is 0.830. The van der Waals surface area contributed by atoms with Gasteiger partial charge < -0.3 is 10.8 Å². The average molecular weight is 255 g/mol. The molecule has 94 valence electrons. The van der Waals surface area contributed by atoms with Crippen LogP contribution in [0.25, 0.3) is 0 Å². The van der Waals surface area contributed by atoms with Gasteiger partial charge in [-0.1, -0.05) is 0 Å². The van der Waals surface area contributed by atoms with E-state index in [2.05, 4.69) is 0 Å². The second-order valence-corrected chi connectivity index (χ2v) is 6.51. The molecule has 17 heavy (non-hydrogen) atoms. The van der Waals surface area contributed by atoms with Crippen LogP contribution >= 0.6 is 0 Å². The second-order valence-electron chi connectivity index (χ2n) is 4.52. The molecule has 0 bridgehead atoms. The monoisotopic (exact) mass is 255 g/mol. The van der Waals surface area contributed by atoms with Gasteiger partial charge in [0.25, 0.3) is 0 Å². The number of sulfone groups is 1. The predicted octanol–water partition coefficient (Wildman–Crippen LogP) is 1.13. The van der Waals surface area contributed by atoms with E-state index in [4.69, 9.17) is 5.73 Å². The highest BCUT2D eigenvalue weighted by Gasteiger charge is 2.23. The number of benzene rings is 1. The fraction of sp³-hybridized carbons (Fsp3) is 0.500. The minimum atomic E-state index is -3.41. The third kappa shape index (κ3) is 2.17. The third-order valence-corrected chi connectivity index (χ3v) is 4.41. The second kappa shape index (κ2) is 4.31. The summed E-state index contributed by atoms with van der Waals surface area (Å²) in [5.41, 5.74) is 8.30. The molecule has 4 nitrogen and oxygen atoms in total. The number of phenols is 1. The van der Waals surface area contributed by atoms with E-state index in [1.165, 1.54) is 0 Å². The lowest BCUT2D eigenvalue weighted by atomic mass is 9.88. The van der Waals surface area contributed by atoms with Crippen molar-refractivity contribution in [1.82, 2.24) is 0 Å². The first-order valence-corrected chi connectivity index (χ1v) is 7.61. The van der Waals surface area contributed by atoms with E-state index in [0.29, 0.717) is 5.56 Å². The topological polar surface area (TPSA) is 80.4 Å². The van der Waals surface area contributed by atoms with E-state index in [0.717, 1.165) is 43.1 Å². The maximum Gasteiger partial charge on any atom is 0.179 e. The number of fused-ring (bicyclic) bond motifs is 1. The minimum absolute atomic E-state index is 0.0126. The number of rotatable bonds is 2. The van der Waals surface area contributed by atoms with Gasteiger partial charge >= 0.3 is 0 Å². The molecule has 1 aliphatic rings. The Balaban J connectivity index is 2.73. The predicted molar refractivity (Wildman–Crippen MR) is 65.8 cm³/mol. The zero-order valence-electron chi connectivity index (χ0n) is 9.86. The summed E-state index contributed by atoms with van der Waals surface area (Å²) in [6.07, 6.45) is 4.98. The summed E-state index contributed by atoms with van der Waals surface area (Å²) in [5, 5.41) is 10.0. The van der Waals surface area contributed by atoms with E-state index in [1.807, 2.05) is 0 Å². The van der Waals surface area contributed by atoms with Gasteiger partial charge in [0.15, 0.2) is 9.84 Å². The van der Waals surface area contributed by atoms with Crippen LogP contribution < -0.4 is 5.73 Å². The molecule has 0 heterocycles. The molecule has 2 rings (SSSR count). The molecule has 1 aromatic rings. The summed E-state index contributed by atoms with van der Waals surface area (Å²) in [5.74, 6) is -0.157. The molecule has 0 aliphatic heterocycles. The Morgan fingerprint density at radius 2 is 2.00 bits per heavy atom. The molecule has 0 atom stereocenters. The molecule has 0 unspecified atom stereocenters. The van der Waals surface area contributed by atoms with Crippen molar-refractivity contribution in [2.75, 3.05) is 6.26 Å². The van der Waals surface area contributed by atoms with Crippen LogP contribution in [0.15, 0.2) is 11.0 Å². The summed E-state index contributed by atoms with van der Waals surface area (Å²) < 4.78 is 23.2. The Morgan fingerprint density at radius 1 is 1.35 bits per heavy atom. The van der Waals surface area contributed by atoms with Crippen molar-refractivity contribution in [2.45, 2.75) is 37.1 Å². The first-order valence-electron chi connectivity index (χ1n) is 5.72. The summed E-state index contributed by atoms with van der Waals surface area (Å²) in [6, 6.07) is 1.61. The van der Waals surface area contributed by atoms with Crippen molar-refractivity contribution in [3.63, 3.8) is 0 Å². The normalized spacial score (nSPS) is 15.6. The standard InChI is InChI=1S/C12H17NO3S/c1-17(15,16)11-6-8-4-2-3-5-9(8)10(7-13)12(11)14/h6,14H,2-5,7,13H2,1H3. The van der Waals surface area contributed by atoms with Crippen molar-refractivity contribution in [1.29, 1.82) is 0 Å². The van der Waals surface area contributed by atoms with Crippen LogP contribution in [0.1, 0.15) is 29.5 Å². The Bertz CT molecular complexity index is 549. The molecule has 0 saturated carbocycles. The lowest BCUT2D eigenvalue weighted by Gasteiger charge is -2.21. The smallest absolute Gasteiger partial charge is 0.179 e. The van der Waals surface area contributed by atoms with Crippen LogP contribution in [0.3, 0.4) is 0 Å². The van der Waals surface area contributed by atoms with Crippen LogP contribution in [0, 0.1) is 0 Å². The van der Waals surface area contributed by atoms with Crippen LogP contribution in [0.5, 0.6) is 5.75 Å². The van der Waals surface area contributed by atoms with Gasteiger partial charge in [0.05, 0.1) is 0 Å². The molecule has 0 fully saturated rings. The molecule has 1 aromatic carbocycles. The zero-order valence-corrected chi connectivity index (χ0v) is 10.7. The van der Waals surface area contributed by atoms with Crippen LogP contribution in [0.4, 0.5) is 0 Å². The molecule has 1 aliphatic carbocycles. The van der Waals surface area contributed by atoms with Crippen LogP contribution in [0.2, 0.25) is 0 Å². The van der Waals surface area contributed by atoms with Crippen molar-refractivity contribution in [3.05, 3.63) is 22.8 Å². The van der Waals surface area contributed by atoms with Crippen LogP contribution in [-0.4, -0.2) is 19.8 Å². The van der Waals surface area contributed by atoms with Crippen molar-refractivity contribution < 1.29 is 13.5 Å². The Labute approximate surface area is 101 Å². The SMILES string of the molecule is CS(=O)(=O)c1cc2c(c(CN)c1O)CCCC2. The zero-order chi connectivity index (χ0) is 12.6. The molecule has 0 aromatic heterocycles. The fourth-order valence-corrected chi connectivity index (χ4v) is 3.28. The first kappa shape index (κ1) is 12.4. The highest BCUT2D eigenvalue weighted by atomic mass is 32.2. The maximum absolute atomic E-state index is 11.6. The van der Waals surface area contributed by atoms with E-state index in [9.17, 15) is 13.5 Å². The Hall–Kier alpha value is -1.07. The molecule has 0 spiro atoms. The number of hydrogen-bond acceptors (Lipinski definition) is 4. The number of aromatic hydroxyl groups is 1. The van der Waals surface area contributed by atoms with E-state index in [-0.39, 0.29) is 17.2 Å². The van der Waals surface area contributed by atoms with E-state index in [1.54, 1.807) is 6.07 Å². The number of phenolic OH excluding ortho intramolecular Hbond substituents is 1. The van der Waals surface area contributed by atoms with Gasteiger partial charge in [-0.3, -0.25) is 0 Å². The summed E-state index contributed by atoms with van der Waals surface area (Å²) in [6.45, 7) is 0.178. The lowest BCUT2D eigenvalue weighted by molar-refractivity contribution is 0.449. The lowest BCUT2D eigenvalue weighted by Crippen LogP contribution is -2.12. The third-order valence-electron chi connectivity index (χ3n) is 3.30. The van der Waals surface area contributed by atoms with Crippen molar-refractivity contribution >= 4 is 9.84 Å². The van der Waals surface area contributed by atoms with E-state index < -0.39 is 9.84 Å². The van der Waals surface area contributed by atoms with Gasteiger partial charge in [-0.15, -0.1) is 0 Å². The van der Waals surface area contributed by atoms with Gasteiger partial charge in [-0.2, -0.15) is 0 Å². The van der Waals surface area contributed by atoms with Gasteiger partial charge in [-0.05, 0) is 42.9 Å². The fourth-order valence-electron chi connectivity index (χ4n) is 2.45. The molecule has 0 radical (unpaired) electrons. The van der Waals surface area contributed by atoms with Gasteiger partial charge in [0.2, 0.25) is 0 Å². The number of hydrogen-bond donors (Lipinski definition) is 2. The maximum atomic E-state index is 11.6. The molecular weight excluding hydrogens is 238 g/mol. The Morgan fingerprint density at radius 3 is 2.59 bits per heavy atom. The summed E-state index contributed by atoms with van der Waals surface area (Å²) in [7, 11) is -3.41. The van der Waals surface area contributed by atoms with Crippen LogP contribution in [-0.2, 0) is 29.2 Å². The molecular formula is C12H17NO3S. The van der Waals surface area contributed by atoms with Crippen molar-refractivity contribution in [3.8, 4) is 5.75 Å². The largest absolute Gasteiger partial charge is 0.506 e. The van der Waals surface area contributed by atoms with Gasteiger partial charge in [0, 0.05) is 18.4 Å². The van der Waals surface area contributed by atoms with Gasteiger partial charge in [-0.25, -0.2) is 8.42 Å².